The van der Waals surface area contributed by atoms with Crippen LogP contribution in [0.2, 0.25) is 5.02 Å². The third-order valence-electron chi connectivity index (χ3n) is 2.65. The van der Waals surface area contributed by atoms with E-state index >= 15 is 0 Å². The molecule has 1 fully saturated rings. The Morgan fingerprint density at radius 3 is 3.00 bits per heavy atom. The minimum Gasteiger partial charge on any atom is -0.390 e. The zero-order valence-electron chi connectivity index (χ0n) is 8.78. The van der Waals surface area contributed by atoms with Gasteiger partial charge in [0.15, 0.2) is 0 Å². The van der Waals surface area contributed by atoms with Gasteiger partial charge in [0.1, 0.15) is 0 Å². The molecular formula is C10H16ClN3O. The highest BCUT2D eigenvalue weighted by molar-refractivity contribution is 6.31. The fraction of sp³-hybridized carbons (Fsp3) is 0.700. The number of rotatable bonds is 5. The Morgan fingerprint density at radius 2 is 2.47 bits per heavy atom. The van der Waals surface area contributed by atoms with Crippen molar-refractivity contribution in [2.45, 2.75) is 38.5 Å². The SMILES string of the molecule is Cc1c(Cl)cnn1CC(O)CNC1CC1. The second-order valence-corrected chi connectivity index (χ2v) is 4.50. The Labute approximate surface area is 94.2 Å². The van der Waals surface area contributed by atoms with Gasteiger partial charge in [-0.2, -0.15) is 5.10 Å². The van der Waals surface area contributed by atoms with E-state index < -0.39 is 6.10 Å². The topological polar surface area (TPSA) is 50.1 Å². The first kappa shape index (κ1) is 10.9. The van der Waals surface area contributed by atoms with Gasteiger partial charge in [0.2, 0.25) is 0 Å². The molecule has 84 valence electrons. The lowest BCUT2D eigenvalue weighted by Crippen LogP contribution is -2.32. The first-order valence-electron chi connectivity index (χ1n) is 5.26. The Kier molecular flexibility index (Phi) is 3.29. The van der Waals surface area contributed by atoms with Crippen LogP contribution in [-0.2, 0) is 6.54 Å². The number of aromatic nitrogens is 2. The van der Waals surface area contributed by atoms with Crippen molar-refractivity contribution in [3.8, 4) is 0 Å². The number of nitrogens with one attached hydrogen (secondary N) is 1. The summed E-state index contributed by atoms with van der Waals surface area (Å²) < 4.78 is 1.74. The molecule has 1 aromatic rings. The quantitative estimate of drug-likeness (QED) is 0.791. The highest BCUT2D eigenvalue weighted by atomic mass is 35.5. The zero-order valence-corrected chi connectivity index (χ0v) is 9.54. The lowest BCUT2D eigenvalue weighted by atomic mass is 10.3. The van der Waals surface area contributed by atoms with Gasteiger partial charge in [-0.25, -0.2) is 0 Å². The molecule has 1 saturated carbocycles. The molecule has 1 aliphatic rings. The van der Waals surface area contributed by atoms with E-state index in [1.165, 1.54) is 12.8 Å². The van der Waals surface area contributed by atoms with Gasteiger partial charge in [-0.3, -0.25) is 4.68 Å². The fourth-order valence-corrected chi connectivity index (χ4v) is 1.60. The van der Waals surface area contributed by atoms with E-state index in [1.807, 2.05) is 6.92 Å². The van der Waals surface area contributed by atoms with Crippen LogP contribution in [0.15, 0.2) is 6.20 Å². The second-order valence-electron chi connectivity index (χ2n) is 4.10. The van der Waals surface area contributed by atoms with Gasteiger partial charge < -0.3 is 10.4 Å². The van der Waals surface area contributed by atoms with E-state index in [1.54, 1.807) is 10.9 Å². The van der Waals surface area contributed by atoms with Crippen LogP contribution in [0.4, 0.5) is 0 Å². The Bertz CT molecular complexity index is 335. The van der Waals surface area contributed by atoms with Crippen molar-refractivity contribution in [1.82, 2.24) is 15.1 Å². The van der Waals surface area contributed by atoms with Crippen molar-refractivity contribution in [1.29, 1.82) is 0 Å². The molecule has 2 rings (SSSR count). The number of aliphatic hydroxyl groups is 1. The van der Waals surface area contributed by atoms with Crippen molar-refractivity contribution in [2.24, 2.45) is 0 Å². The summed E-state index contributed by atoms with van der Waals surface area (Å²) >= 11 is 5.87. The van der Waals surface area contributed by atoms with Crippen LogP contribution < -0.4 is 5.32 Å². The van der Waals surface area contributed by atoms with E-state index in [0.717, 1.165) is 5.69 Å². The number of hydrogen-bond acceptors (Lipinski definition) is 3. The summed E-state index contributed by atoms with van der Waals surface area (Å²) in [5.41, 5.74) is 0.905. The molecule has 0 aliphatic heterocycles. The molecular weight excluding hydrogens is 214 g/mol. The predicted octanol–water partition coefficient (Wildman–Crippen LogP) is 0.958. The van der Waals surface area contributed by atoms with Crippen molar-refractivity contribution in [3.05, 3.63) is 16.9 Å². The zero-order chi connectivity index (χ0) is 10.8. The summed E-state index contributed by atoms with van der Waals surface area (Å²) in [4.78, 5) is 0. The molecule has 1 atom stereocenters. The Morgan fingerprint density at radius 1 is 1.73 bits per heavy atom. The van der Waals surface area contributed by atoms with E-state index in [4.69, 9.17) is 11.6 Å². The van der Waals surface area contributed by atoms with Crippen LogP contribution in [0, 0.1) is 6.92 Å². The molecule has 15 heavy (non-hydrogen) atoms. The smallest absolute Gasteiger partial charge is 0.0860 e. The molecule has 5 heteroatoms. The van der Waals surface area contributed by atoms with Gasteiger partial charge in [0, 0.05) is 12.6 Å². The molecule has 0 bridgehead atoms. The van der Waals surface area contributed by atoms with Crippen LogP contribution in [-0.4, -0.2) is 33.6 Å². The number of nitrogens with zero attached hydrogens (tertiary/aromatic N) is 2. The highest BCUT2D eigenvalue weighted by Crippen LogP contribution is 2.18. The fourth-order valence-electron chi connectivity index (χ4n) is 1.46. The first-order chi connectivity index (χ1) is 7.16. The van der Waals surface area contributed by atoms with Gasteiger partial charge in [0.25, 0.3) is 0 Å². The number of hydrogen-bond donors (Lipinski definition) is 2. The average molecular weight is 230 g/mol. The normalized spacial score (nSPS) is 18.1. The summed E-state index contributed by atoms with van der Waals surface area (Å²) in [6.45, 7) is 3.02. The molecule has 0 aromatic carbocycles. The monoisotopic (exact) mass is 229 g/mol. The van der Waals surface area contributed by atoms with E-state index in [2.05, 4.69) is 10.4 Å². The molecule has 1 unspecified atom stereocenters. The average Bonchev–Trinajstić information content (AvgIpc) is 2.98. The summed E-state index contributed by atoms with van der Waals surface area (Å²) in [6.07, 6.45) is 3.68. The van der Waals surface area contributed by atoms with Gasteiger partial charge in [-0.05, 0) is 19.8 Å². The van der Waals surface area contributed by atoms with Crippen LogP contribution >= 0.6 is 11.6 Å². The van der Waals surface area contributed by atoms with E-state index in [9.17, 15) is 5.11 Å². The Balaban J connectivity index is 1.81. The highest BCUT2D eigenvalue weighted by Gasteiger charge is 2.21. The summed E-state index contributed by atoms with van der Waals surface area (Å²) in [6, 6.07) is 0.627. The summed E-state index contributed by atoms with van der Waals surface area (Å²) in [7, 11) is 0. The molecule has 1 aromatic heterocycles. The number of aliphatic hydroxyl groups excluding tert-OH is 1. The molecule has 1 heterocycles. The van der Waals surface area contributed by atoms with Crippen molar-refractivity contribution >= 4 is 11.6 Å². The third-order valence-corrected chi connectivity index (χ3v) is 3.02. The van der Waals surface area contributed by atoms with Crippen LogP contribution in [0.3, 0.4) is 0 Å². The van der Waals surface area contributed by atoms with Crippen molar-refractivity contribution < 1.29 is 5.11 Å². The molecule has 0 amide bonds. The lowest BCUT2D eigenvalue weighted by Gasteiger charge is -2.12. The van der Waals surface area contributed by atoms with E-state index in [-0.39, 0.29) is 0 Å². The molecule has 1 aliphatic carbocycles. The molecule has 0 radical (unpaired) electrons. The van der Waals surface area contributed by atoms with Gasteiger partial charge in [0.05, 0.1) is 29.6 Å². The minimum absolute atomic E-state index is 0.403. The van der Waals surface area contributed by atoms with Crippen molar-refractivity contribution in [3.63, 3.8) is 0 Å². The summed E-state index contributed by atoms with van der Waals surface area (Å²) in [5, 5.41) is 17.8. The molecule has 0 spiro atoms. The van der Waals surface area contributed by atoms with Gasteiger partial charge in [-0.1, -0.05) is 11.6 Å². The standard InChI is InChI=1S/C10H16ClN3O/c1-7-10(11)5-13-14(7)6-9(15)4-12-8-2-3-8/h5,8-9,12,15H,2-4,6H2,1H3. The van der Waals surface area contributed by atoms with Gasteiger partial charge >= 0.3 is 0 Å². The van der Waals surface area contributed by atoms with Gasteiger partial charge in [-0.15, -0.1) is 0 Å². The van der Waals surface area contributed by atoms with Crippen molar-refractivity contribution in [2.75, 3.05) is 6.54 Å². The first-order valence-corrected chi connectivity index (χ1v) is 5.64. The lowest BCUT2D eigenvalue weighted by molar-refractivity contribution is 0.145. The minimum atomic E-state index is -0.403. The largest absolute Gasteiger partial charge is 0.390 e. The molecule has 4 nitrogen and oxygen atoms in total. The maximum absolute atomic E-state index is 9.75. The predicted molar refractivity (Wildman–Crippen MR) is 59.0 cm³/mol. The second kappa shape index (κ2) is 4.51. The van der Waals surface area contributed by atoms with Crippen LogP contribution in [0.1, 0.15) is 18.5 Å². The van der Waals surface area contributed by atoms with E-state index in [0.29, 0.717) is 24.2 Å². The maximum Gasteiger partial charge on any atom is 0.0860 e. The van der Waals surface area contributed by atoms with Crippen LogP contribution in [0.25, 0.3) is 0 Å². The molecule has 0 saturated heterocycles. The Hall–Kier alpha value is -0.580. The summed E-state index contributed by atoms with van der Waals surface area (Å²) in [5.74, 6) is 0. The molecule has 2 N–H and O–H groups in total. The van der Waals surface area contributed by atoms with Crippen LogP contribution in [0.5, 0.6) is 0 Å². The number of halogens is 1. The third kappa shape index (κ3) is 2.93. The maximum atomic E-state index is 9.75.